The van der Waals surface area contributed by atoms with Gasteiger partial charge in [-0.2, -0.15) is 0 Å². The van der Waals surface area contributed by atoms with Crippen LogP contribution in [0.4, 0.5) is 8.78 Å². The van der Waals surface area contributed by atoms with Crippen molar-refractivity contribution in [3.8, 4) is 11.6 Å². The number of nitrogens with zero attached hydrogens (tertiary/aromatic N) is 1. The summed E-state index contributed by atoms with van der Waals surface area (Å²) in [5.74, 6) is -2.45. The Bertz CT molecular complexity index is 1130. The molecule has 38 heavy (non-hydrogen) atoms. The minimum Gasteiger partial charge on any atom is -0.481 e. The van der Waals surface area contributed by atoms with Crippen LogP contribution in [-0.4, -0.2) is 40.0 Å². The van der Waals surface area contributed by atoms with Gasteiger partial charge in [-0.3, -0.25) is 14.4 Å². The fraction of sp³-hybridized carbons (Fsp3) is 0.500. The standard InChI is InChI=1S/C27H31F2N3O5.CH4/c28-17-3-9-21(10-4-17)37-25-22(15-18(29)16-30-25)24(35)31-19-5-7-20(8-6-19)32-26(36)27(12-1-2-13-27)14-11-23(33)34;/h3-4,9-10,15-16,19-20H,1-2,5-8,11-14H2,(H,31,35)(H,32,36)(H,33,34);1H4. The maximum Gasteiger partial charge on any atom is 0.303 e. The molecule has 0 radical (unpaired) electrons. The SMILES string of the molecule is C.O=C(O)CCC1(C(=O)NC2CCC(NC(=O)c3cc(F)cnc3Oc3ccc(F)cc3)CC2)CCCC1. The Morgan fingerprint density at radius 1 is 0.974 bits per heavy atom. The van der Waals surface area contributed by atoms with Gasteiger partial charge < -0.3 is 20.5 Å². The zero-order valence-electron chi connectivity index (χ0n) is 20.5. The van der Waals surface area contributed by atoms with Gasteiger partial charge in [-0.05, 0) is 75.3 Å². The fourth-order valence-corrected chi connectivity index (χ4v) is 5.26. The molecule has 2 saturated carbocycles. The van der Waals surface area contributed by atoms with Crippen molar-refractivity contribution in [3.05, 3.63) is 53.7 Å². The van der Waals surface area contributed by atoms with Crippen molar-refractivity contribution in [3.63, 3.8) is 0 Å². The van der Waals surface area contributed by atoms with Crippen molar-refractivity contribution in [2.45, 2.75) is 83.7 Å². The number of aliphatic carboxylic acids is 1. The van der Waals surface area contributed by atoms with E-state index in [1.54, 1.807) is 0 Å². The van der Waals surface area contributed by atoms with Crippen molar-refractivity contribution in [2.24, 2.45) is 5.41 Å². The molecule has 0 unspecified atom stereocenters. The topological polar surface area (TPSA) is 118 Å². The first-order chi connectivity index (χ1) is 17.7. The molecule has 3 N–H and O–H groups in total. The molecule has 0 aliphatic heterocycles. The first-order valence-electron chi connectivity index (χ1n) is 12.7. The summed E-state index contributed by atoms with van der Waals surface area (Å²) in [7, 11) is 0. The van der Waals surface area contributed by atoms with Gasteiger partial charge in [0.25, 0.3) is 5.91 Å². The van der Waals surface area contributed by atoms with Crippen LogP contribution >= 0.6 is 0 Å². The average molecular weight is 532 g/mol. The zero-order chi connectivity index (χ0) is 26.4. The van der Waals surface area contributed by atoms with Crippen LogP contribution in [0.1, 0.15) is 82.0 Å². The minimum atomic E-state index is -0.893. The molecule has 0 spiro atoms. The van der Waals surface area contributed by atoms with Crippen LogP contribution in [0, 0.1) is 17.0 Å². The molecule has 2 amide bonds. The number of carboxylic acid groups (broad SMARTS) is 1. The Balaban J connectivity index is 0.00000400. The third kappa shape index (κ3) is 7.26. The number of nitrogens with one attached hydrogen (secondary N) is 2. The molecule has 2 aliphatic rings. The third-order valence-corrected chi connectivity index (χ3v) is 7.35. The molecule has 0 atom stereocenters. The number of carbonyl (C=O) groups excluding carboxylic acids is 2. The summed E-state index contributed by atoms with van der Waals surface area (Å²) in [5, 5.41) is 15.1. The highest BCUT2D eigenvalue weighted by Gasteiger charge is 2.42. The number of amides is 2. The lowest BCUT2D eigenvalue weighted by atomic mass is 9.79. The first kappa shape index (κ1) is 29.0. The van der Waals surface area contributed by atoms with Crippen molar-refractivity contribution < 1.29 is 33.0 Å². The van der Waals surface area contributed by atoms with E-state index in [0.717, 1.165) is 25.1 Å². The lowest BCUT2D eigenvalue weighted by Crippen LogP contribution is -2.48. The highest BCUT2D eigenvalue weighted by Crippen LogP contribution is 2.42. The van der Waals surface area contributed by atoms with Crippen molar-refractivity contribution in [1.29, 1.82) is 0 Å². The molecule has 1 aromatic heterocycles. The molecule has 206 valence electrons. The second-order valence-corrected chi connectivity index (χ2v) is 9.94. The minimum absolute atomic E-state index is 0. The van der Waals surface area contributed by atoms with Crippen LogP contribution in [0.5, 0.6) is 11.6 Å². The second-order valence-electron chi connectivity index (χ2n) is 9.94. The number of rotatable bonds is 9. The smallest absolute Gasteiger partial charge is 0.303 e. The van der Waals surface area contributed by atoms with Crippen LogP contribution in [0.15, 0.2) is 36.5 Å². The van der Waals surface area contributed by atoms with Gasteiger partial charge in [-0.15, -0.1) is 0 Å². The molecule has 8 nitrogen and oxygen atoms in total. The molecule has 4 rings (SSSR count). The number of carboxylic acids is 1. The van der Waals surface area contributed by atoms with Gasteiger partial charge in [0, 0.05) is 23.9 Å². The second kappa shape index (κ2) is 12.8. The molecule has 2 aromatic rings. The molecular formula is C28H35F2N3O5. The van der Waals surface area contributed by atoms with E-state index in [1.165, 1.54) is 24.3 Å². The van der Waals surface area contributed by atoms with E-state index in [-0.39, 0.29) is 49.0 Å². The number of ether oxygens (including phenoxy) is 1. The molecule has 0 bridgehead atoms. The number of aromatic nitrogens is 1. The van der Waals surface area contributed by atoms with E-state index in [0.29, 0.717) is 44.9 Å². The molecule has 2 fully saturated rings. The first-order valence-corrected chi connectivity index (χ1v) is 12.7. The predicted molar refractivity (Wildman–Crippen MR) is 137 cm³/mol. The number of pyridine rings is 1. The summed E-state index contributed by atoms with van der Waals surface area (Å²) >= 11 is 0. The predicted octanol–water partition coefficient (Wildman–Crippen LogP) is 5.37. The summed E-state index contributed by atoms with van der Waals surface area (Å²) in [6.45, 7) is 0. The zero-order valence-corrected chi connectivity index (χ0v) is 20.5. The van der Waals surface area contributed by atoms with Crippen molar-refractivity contribution >= 4 is 17.8 Å². The molecule has 2 aliphatic carbocycles. The normalized spacial score (nSPS) is 20.2. The summed E-state index contributed by atoms with van der Waals surface area (Å²) in [6, 6.07) is 6.01. The Hall–Kier alpha value is -3.56. The number of hydrogen-bond donors (Lipinski definition) is 3. The molecule has 1 aromatic carbocycles. The summed E-state index contributed by atoms with van der Waals surface area (Å²) in [6.07, 6.45) is 7.10. The third-order valence-electron chi connectivity index (χ3n) is 7.35. The van der Waals surface area contributed by atoms with Crippen LogP contribution < -0.4 is 15.4 Å². The molecule has 1 heterocycles. The fourth-order valence-electron chi connectivity index (χ4n) is 5.26. The number of carbonyl (C=O) groups is 3. The Morgan fingerprint density at radius 2 is 1.58 bits per heavy atom. The maximum absolute atomic E-state index is 13.9. The van der Waals surface area contributed by atoms with Crippen molar-refractivity contribution in [1.82, 2.24) is 15.6 Å². The van der Waals surface area contributed by atoms with Crippen molar-refractivity contribution in [2.75, 3.05) is 0 Å². The highest BCUT2D eigenvalue weighted by atomic mass is 19.1. The summed E-state index contributed by atoms with van der Waals surface area (Å²) in [4.78, 5) is 41.0. The van der Waals surface area contributed by atoms with E-state index in [9.17, 15) is 23.2 Å². The van der Waals surface area contributed by atoms with Gasteiger partial charge in [-0.25, -0.2) is 13.8 Å². The van der Waals surface area contributed by atoms with Gasteiger partial charge in [0.05, 0.1) is 6.20 Å². The summed E-state index contributed by atoms with van der Waals surface area (Å²) in [5.41, 5.74) is -0.671. The maximum atomic E-state index is 13.9. The molecule has 0 saturated heterocycles. The van der Waals surface area contributed by atoms with Gasteiger partial charge in [0.2, 0.25) is 11.8 Å². The molecular weight excluding hydrogens is 496 g/mol. The number of benzene rings is 1. The lowest BCUT2D eigenvalue weighted by Gasteiger charge is -2.34. The largest absolute Gasteiger partial charge is 0.481 e. The number of hydrogen-bond acceptors (Lipinski definition) is 5. The monoisotopic (exact) mass is 531 g/mol. The van der Waals surface area contributed by atoms with E-state index in [1.807, 2.05) is 0 Å². The van der Waals surface area contributed by atoms with E-state index < -0.39 is 28.9 Å². The number of halogens is 2. The van der Waals surface area contributed by atoms with Gasteiger partial charge >= 0.3 is 5.97 Å². The average Bonchev–Trinajstić information content (AvgIpc) is 3.37. The summed E-state index contributed by atoms with van der Waals surface area (Å²) < 4.78 is 32.7. The lowest BCUT2D eigenvalue weighted by molar-refractivity contribution is -0.139. The Kier molecular flexibility index (Phi) is 9.77. The highest BCUT2D eigenvalue weighted by molar-refractivity contribution is 5.96. The van der Waals surface area contributed by atoms with E-state index in [2.05, 4.69) is 15.6 Å². The van der Waals surface area contributed by atoms with Gasteiger partial charge in [-0.1, -0.05) is 20.3 Å². The van der Waals surface area contributed by atoms with E-state index >= 15 is 0 Å². The van der Waals surface area contributed by atoms with Crippen LogP contribution in [0.25, 0.3) is 0 Å². The Labute approximate surface area is 221 Å². The van der Waals surface area contributed by atoms with E-state index in [4.69, 9.17) is 9.84 Å². The Morgan fingerprint density at radius 3 is 2.18 bits per heavy atom. The van der Waals surface area contributed by atoms with Crippen LogP contribution in [0.2, 0.25) is 0 Å². The van der Waals surface area contributed by atoms with Gasteiger partial charge in [0.1, 0.15) is 22.9 Å². The van der Waals surface area contributed by atoms with Crippen LogP contribution in [0.3, 0.4) is 0 Å². The van der Waals surface area contributed by atoms with Gasteiger partial charge in [0.15, 0.2) is 0 Å². The quantitative estimate of drug-likeness (QED) is 0.400. The van der Waals surface area contributed by atoms with Crippen LogP contribution in [-0.2, 0) is 9.59 Å². The molecule has 10 heteroatoms.